The molecule has 162 valence electrons. The molecular weight excluding hydrogens is 418 g/mol. The normalized spacial score (nSPS) is 11.3. The fourth-order valence-corrected chi connectivity index (χ4v) is 3.92. The highest BCUT2D eigenvalue weighted by Gasteiger charge is 2.16. The molecule has 2 aromatic carbocycles. The van der Waals surface area contributed by atoms with Crippen LogP contribution in [0.4, 0.5) is 5.88 Å². The maximum Gasteiger partial charge on any atom is 0.240 e. The van der Waals surface area contributed by atoms with Crippen LogP contribution in [0, 0.1) is 0 Å². The van der Waals surface area contributed by atoms with Crippen molar-refractivity contribution in [2.24, 2.45) is 0 Å². The van der Waals surface area contributed by atoms with Crippen LogP contribution in [0.5, 0.6) is 0 Å². The van der Waals surface area contributed by atoms with Crippen LogP contribution in [-0.2, 0) is 21.2 Å². The zero-order valence-electron chi connectivity index (χ0n) is 17.2. The van der Waals surface area contributed by atoms with Gasteiger partial charge in [0.2, 0.25) is 21.8 Å². The second kappa shape index (κ2) is 9.67. The van der Waals surface area contributed by atoms with E-state index < -0.39 is 15.9 Å². The van der Waals surface area contributed by atoms with Crippen molar-refractivity contribution in [3.8, 4) is 11.3 Å². The van der Waals surface area contributed by atoms with Crippen LogP contribution in [0.3, 0.4) is 0 Å². The summed E-state index contributed by atoms with van der Waals surface area (Å²) in [7, 11) is -3.84. The van der Waals surface area contributed by atoms with Crippen molar-refractivity contribution in [3.63, 3.8) is 0 Å². The SMILES string of the molecule is CCc1ccc(-c2cc(NC(=O)CCNS(=O)(=O)c3cccc(C(C)=O)c3)on2)cc1. The van der Waals surface area contributed by atoms with E-state index in [2.05, 4.69) is 22.1 Å². The number of rotatable bonds is 9. The summed E-state index contributed by atoms with van der Waals surface area (Å²) in [5.74, 6) is -0.482. The van der Waals surface area contributed by atoms with Crippen molar-refractivity contribution in [1.82, 2.24) is 9.88 Å². The lowest BCUT2D eigenvalue weighted by Gasteiger charge is -2.07. The number of ketones is 1. The van der Waals surface area contributed by atoms with E-state index in [1.807, 2.05) is 24.3 Å². The fraction of sp³-hybridized carbons (Fsp3) is 0.227. The number of aromatic nitrogens is 1. The third kappa shape index (κ3) is 5.87. The molecule has 0 unspecified atom stereocenters. The molecule has 0 saturated carbocycles. The number of nitrogens with one attached hydrogen (secondary N) is 2. The van der Waals surface area contributed by atoms with Gasteiger partial charge in [0.1, 0.15) is 5.69 Å². The second-order valence-corrected chi connectivity index (χ2v) is 8.67. The summed E-state index contributed by atoms with van der Waals surface area (Å²) in [6, 6.07) is 15.2. The molecular formula is C22H23N3O5S. The maximum absolute atomic E-state index is 12.4. The summed E-state index contributed by atoms with van der Waals surface area (Å²) in [4.78, 5) is 23.5. The van der Waals surface area contributed by atoms with Gasteiger partial charge in [0.05, 0.1) is 4.90 Å². The number of nitrogens with zero attached hydrogens (tertiary/aromatic N) is 1. The Morgan fingerprint density at radius 3 is 2.48 bits per heavy atom. The highest BCUT2D eigenvalue weighted by Crippen LogP contribution is 2.22. The van der Waals surface area contributed by atoms with E-state index in [0.717, 1.165) is 12.0 Å². The number of hydrogen-bond donors (Lipinski definition) is 2. The molecule has 0 aliphatic carbocycles. The molecule has 0 saturated heterocycles. The van der Waals surface area contributed by atoms with Gasteiger partial charge >= 0.3 is 0 Å². The van der Waals surface area contributed by atoms with E-state index in [1.54, 1.807) is 12.1 Å². The Morgan fingerprint density at radius 2 is 1.81 bits per heavy atom. The smallest absolute Gasteiger partial charge is 0.240 e. The van der Waals surface area contributed by atoms with Gasteiger partial charge in [-0.3, -0.25) is 14.9 Å². The van der Waals surface area contributed by atoms with Crippen molar-refractivity contribution in [2.45, 2.75) is 31.6 Å². The molecule has 0 spiro atoms. The third-order valence-corrected chi connectivity index (χ3v) is 6.08. The summed E-state index contributed by atoms with van der Waals surface area (Å²) in [5, 5.41) is 6.50. The lowest BCUT2D eigenvalue weighted by molar-refractivity contribution is -0.116. The van der Waals surface area contributed by atoms with E-state index in [4.69, 9.17) is 4.52 Å². The predicted octanol–water partition coefficient (Wildman–Crippen LogP) is 3.41. The number of sulfonamides is 1. The number of benzene rings is 2. The van der Waals surface area contributed by atoms with Gasteiger partial charge < -0.3 is 4.52 Å². The Bertz CT molecular complexity index is 1180. The summed E-state index contributed by atoms with van der Waals surface area (Å²) < 4.78 is 32.2. The van der Waals surface area contributed by atoms with Gasteiger partial charge in [0, 0.05) is 30.2 Å². The maximum atomic E-state index is 12.4. The van der Waals surface area contributed by atoms with Crippen LogP contribution < -0.4 is 10.0 Å². The minimum atomic E-state index is -3.84. The van der Waals surface area contributed by atoms with E-state index in [-0.39, 0.29) is 29.5 Å². The van der Waals surface area contributed by atoms with Crippen LogP contribution in [0.2, 0.25) is 0 Å². The predicted molar refractivity (Wildman–Crippen MR) is 116 cm³/mol. The monoisotopic (exact) mass is 441 g/mol. The van der Waals surface area contributed by atoms with Gasteiger partial charge in [0.25, 0.3) is 0 Å². The van der Waals surface area contributed by atoms with E-state index in [0.29, 0.717) is 11.3 Å². The minimum Gasteiger partial charge on any atom is -0.338 e. The van der Waals surface area contributed by atoms with Gasteiger partial charge in [-0.05, 0) is 31.0 Å². The van der Waals surface area contributed by atoms with Crippen LogP contribution in [0.25, 0.3) is 11.3 Å². The zero-order chi connectivity index (χ0) is 22.4. The van der Waals surface area contributed by atoms with Crippen LogP contribution >= 0.6 is 0 Å². The molecule has 3 aromatic rings. The van der Waals surface area contributed by atoms with Crippen molar-refractivity contribution < 1.29 is 22.5 Å². The first-order chi connectivity index (χ1) is 14.8. The summed E-state index contributed by atoms with van der Waals surface area (Å²) in [6.45, 7) is 3.32. The molecule has 0 atom stereocenters. The molecule has 1 aromatic heterocycles. The van der Waals surface area contributed by atoms with Crippen LogP contribution in [0.15, 0.2) is 64.0 Å². The number of aryl methyl sites for hydroxylation is 1. The quantitative estimate of drug-likeness (QED) is 0.491. The standard InChI is InChI=1S/C22H23N3O5S/c1-3-16-7-9-17(10-8-16)20-14-22(30-25-20)24-21(27)11-12-23-31(28,29)19-6-4-5-18(13-19)15(2)26/h4-10,13-14,23H,3,11-12H2,1-2H3,(H,24,27). The summed E-state index contributed by atoms with van der Waals surface area (Å²) in [6.07, 6.45) is 0.833. The first kappa shape index (κ1) is 22.4. The molecule has 31 heavy (non-hydrogen) atoms. The Morgan fingerprint density at radius 1 is 1.06 bits per heavy atom. The highest BCUT2D eigenvalue weighted by molar-refractivity contribution is 7.89. The van der Waals surface area contributed by atoms with Crippen LogP contribution in [-0.4, -0.2) is 31.8 Å². The molecule has 0 fully saturated rings. The number of hydrogen-bond acceptors (Lipinski definition) is 6. The first-order valence-corrected chi connectivity index (χ1v) is 11.2. The van der Waals surface area contributed by atoms with E-state index in [9.17, 15) is 18.0 Å². The lowest BCUT2D eigenvalue weighted by Crippen LogP contribution is -2.28. The molecule has 9 heteroatoms. The van der Waals surface area contributed by atoms with E-state index >= 15 is 0 Å². The molecule has 2 N–H and O–H groups in total. The van der Waals surface area contributed by atoms with Gasteiger partial charge in [-0.25, -0.2) is 13.1 Å². The third-order valence-electron chi connectivity index (χ3n) is 4.63. The molecule has 1 amide bonds. The van der Waals surface area contributed by atoms with Crippen molar-refractivity contribution in [2.75, 3.05) is 11.9 Å². The fourth-order valence-electron chi connectivity index (χ4n) is 2.85. The van der Waals surface area contributed by atoms with Gasteiger partial charge in [-0.1, -0.05) is 48.5 Å². The number of carbonyl (C=O) groups is 2. The largest absolute Gasteiger partial charge is 0.338 e. The van der Waals surface area contributed by atoms with E-state index in [1.165, 1.54) is 30.7 Å². The number of carbonyl (C=O) groups excluding carboxylic acids is 2. The van der Waals surface area contributed by atoms with Crippen molar-refractivity contribution in [3.05, 3.63) is 65.7 Å². The van der Waals surface area contributed by atoms with Gasteiger partial charge in [-0.2, -0.15) is 0 Å². The Kier molecular flexibility index (Phi) is 6.98. The van der Waals surface area contributed by atoms with Gasteiger partial charge in [0.15, 0.2) is 5.78 Å². The Labute approximate surface area is 180 Å². The molecule has 0 aliphatic rings. The number of amides is 1. The molecule has 0 bridgehead atoms. The van der Waals surface area contributed by atoms with Gasteiger partial charge in [-0.15, -0.1) is 0 Å². The second-order valence-electron chi connectivity index (χ2n) is 6.91. The first-order valence-electron chi connectivity index (χ1n) is 9.75. The number of anilines is 1. The molecule has 0 aliphatic heterocycles. The minimum absolute atomic E-state index is 0.0328. The molecule has 3 rings (SSSR count). The van der Waals surface area contributed by atoms with Crippen molar-refractivity contribution >= 4 is 27.6 Å². The molecule has 8 nitrogen and oxygen atoms in total. The molecule has 0 radical (unpaired) electrons. The topological polar surface area (TPSA) is 118 Å². The summed E-state index contributed by atoms with van der Waals surface area (Å²) in [5.41, 5.74) is 2.95. The van der Waals surface area contributed by atoms with Crippen LogP contribution in [0.1, 0.15) is 36.2 Å². The van der Waals surface area contributed by atoms with Crippen molar-refractivity contribution in [1.29, 1.82) is 0 Å². The number of Topliss-reactive ketones (excluding diaryl/α,β-unsaturated/α-hetero) is 1. The zero-order valence-corrected chi connectivity index (χ0v) is 18.0. The highest BCUT2D eigenvalue weighted by atomic mass is 32.2. The average molecular weight is 442 g/mol. The lowest BCUT2D eigenvalue weighted by atomic mass is 10.1. The average Bonchev–Trinajstić information content (AvgIpc) is 3.22. The molecule has 1 heterocycles. The summed E-state index contributed by atoms with van der Waals surface area (Å²) >= 11 is 0. The Hall–Kier alpha value is -3.30. The Balaban J connectivity index is 1.54.